The quantitative estimate of drug-likeness (QED) is 0.895. The van der Waals surface area contributed by atoms with E-state index in [-0.39, 0.29) is 0 Å². The molecule has 0 saturated carbocycles. The zero-order valence-electron chi connectivity index (χ0n) is 9.25. The zero-order valence-corrected chi connectivity index (χ0v) is 11.7. The standard InChI is InChI=1S/C11H16BrNO2S/c1-8-10(12)4-9(16-8)5-13-6-11(14)2-3-15-7-11/h4,13-14H,2-3,5-7H2,1H3. The lowest BCUT2D eigenvalue weighted by atomic mass is 10.0. The Balaban J connectivity index is 1.79. The lowest BCUT2D eigenvalue weighted by Crippen LogP contribution is -2.40. The van der Waals surface area contributed by atoms with Crippen LogP contribution in [0.4, 0.5) is 0 Å². The second-order valence-electron chi connectivity index (χ2n) is 4.25. The van der Waals surface area contributed by atoms with E-state index < -0.39 is 5.60 Å². The molecule has 0 radical (unpaired) electrons. The highest BCUT2D eigenvalue weighted by molar-refractivity contribution is 9.10. The summed E-state index contributed by atoms with van der Waals surface area (Å²) in [6.07, 6.45) is 0.729. The minimum atomic E-state index is -0.663. The molecule has 1 aromatic rings. The highest BCUT2D eigenvalue weighted by Gasteiger charge is 2.31. The van der Waals surface area contributed by atoms with Crippen molar-refractivity contribution in [1.29, 1.82) is 0 Å². The minimum Gasteiger partial charge on any atom is -0.386 e. The van der Waals surface area contributed by atoms with Crippen LogP contribution in [-0.2, 0) is 11.3 Å². The molecule has 0 amide bonds. The number of ether oxygens (including phenoxy) is 1. The van der Waals surface area contributed by atoms with E-state index in [0.29, 0.717) is 19.8 Å². The molecule has 0 bridgehead atoms. The topological polar surface area (TPSA) is 41.5 Å². The van der Waals surface area contributed by atoms with Crippen LogP contribution in [0.5, 0.6) is 0 Å². The second kappa shape index (κ2) is 5.14. The smallest absolute Gasteiger partial charge is 0.103 e. The van der Waals surface area contributed by atoms with Gasteiger partial charge in [-0.3, -0.25) is 0 Å². The molecule has 1 aliphatic rings. The Morgan fingerprint density at radius 1 is 1.69 bits per heavy atom. The predicted molar refractivity (Wildman–Crippen MR) is 68.8 cm³/mol. The van der Waals surface area contributed by atoms with Crippen molar-refractivity contribution in [3.05, 3.63) is 20.3 Å². The fourth-order valence-electron chi connectivity index (χ4n) is 1.76. The molecular formula is C11H16BrNO2S. The fraction of sp³-hybridized carbons (Fsp3) is 0.636. The third-order valence-electron chi connectivity index (χ3n) is 2.74. The van der Waals surface area contributed by atoms with Crippen molar-refractivity contribution in [3.8, 4) is 0 Å². The summed E-state index contributed by atoms with van der Waals surface area (Å²) in [5, 5.41) is 13.3. The highest BCUT2D eigenvalue weighted by atomic mass is 79.9. The zero-order chi connectivity index (χ0) is 11.6. The van der Waals surface area contributed by atoms with Gasteiger partial charge in [0.05, 0.1) is 6.61 Å². The number of halogens is 1. The predicted octanol–water partition coefficient (Wildman–Crippen LogP) is 2.06. The van der Waals surface area contributed by atoms with Gasteiger partial charge in [0.1, 0.15) is 5.60 Å². The van der Waals surface area contributed by atoms with E-state index in [2.05, 4.69) is 34.2 Å². The van der Waals surface area contributed by atoms with E-state index in [1.54, 1.807) is 11.3 Å². The van der Waals surface area contributed by atoms with Gasteiger partial charge in [-0.1, -0.05) is 0 Å². The first-order valence-corrected chi connectivity index (χ1v) is 6.96. The Bertz CT molecular complexity index is 341. The number of aryl methyl sites for hydroxylation is 1. The van der Waals surface area contributed by atoms with Crippen molar-refractivity contribution in [3.63, 3.8) is 0 Å². The third kappa shape index (κ3) is 3.05. The normalized spacial score (nSPS) is 25.2. The summed E-state index contributed by atoms with van der Waals surface area (Å²) >= 11 is 5.27. The summed E-state index contributed by atoms with van der Waals surface area (Å²) in [5.74, 6) is 0. The van der Waals surface area contributed by atoms with Gasteiger partial charge in [0.15, 0.2) is 0 Å². The van der Waals surface area contributed by atoms with E-state index in [1.165, 1.54) is 9.75 Å². The Kier molecular flexibility index (Phi) is 4.02. The molecule has 1 unspecified atom stereocenters. The Morgan fingerprint density at radius 2 is 2.50 bits per heavy atom. The van der Waals surface area contributed by atoms with Gasteiger partial charge < -0.3 is 15.2 Å². The maximum Gasteiger partial charge on any atom is 0.103 e. The summed E-state index contributed by atoms with van der Waals surface area (Å²) in [5.41, 5.74) is -0.663. The van der Waals surface area contributed by atoms with Crippen molar-refractivity contribution in [2.24, 2.45) is 0 Å². The van der Waals surface area contributed by atoms with Crippen LogP contribution in [0.15, 0.2) is 10.5 Å². The van der Waals surface area contributed by atoms with Crippen LogP contribution < -0.4 is 5.32 Å². The van der Waals surface area contributed by atoms with Gasteiger partial charge in [-0.05, 0) is 28.9 Å². The highest BCUT2D eigenvalue weighted by Crippen LogP contribution is 2.26. The molecule has 0 spiro atoms. The summed E-state index contributed by atoms with van der Waals surface area (Å²) in [6.45, 7) is 4.62. The molecule has 5 heteroatoms. The van der Waals surface area contributed by atoms with Crippen LogP contribution in [0.3, 0.4) is 0 Å². The molecule has 1 fully saturated rings. The largest absolute Gasteiger partial charge is 0.386 e. The SMILES string of the molecule is Cc1sc(CNCC2(O)CCOC2)cc1Br. The second-order valence-corrected chi connectivity index (χ2v) is 6.44. The molecule has 16 heavy (non-hydrogen) atoms. The average molecular weight is 306 g/mol. The first-order chi connectivity index (χ1) is 7.59. The van der Waals surface area contributed by atoms with Crippen LogP contribution in [-0.4, -0.2) is 30.5 Å². The molecule has 0 aliphatic carbocycles. The summed E-state index contributed by atoms with van der Waals surface area (Å²) in [7, 11) is 0. The van der Waals surface area contributed by atoms with Gasteiger partial charge in [-0.15, -0.1) is 11.3 Å². The van der Waals surface area contributed by atoms with Crippen molar-refractivity contribution in [2.45, 2.75) is 25.5 Å². The summed E-state index contributed by atoms with van der Waals surface area (Å²) in [6, 6.07) is 2.13. The van der Waals surface area contributed by atoms with Gasteiger partial charge in [0.25, 0.3) is 0 Å². The number of nitrogens with one attached hydrogen (secondary N) is 1. The number of hydrogen-bond donors (Lipinski definition) is 2. The molecule has 1 aromatic heterocycles. The molecule has 2 heterocycles. The van der Waals surface area contributed by atoms with E-state index in [0.717, 1.165) is 17.4 Å². The van der Waals surface area contributed by atoms with Crippen molar-refractivity contribution < 1.29 is 9.84 Å². The van der Waals surface area contributed by atoms with Crippen LogP contribution >= 0.6 is 27.3 Å². The van der Waals surface area contributed by atoms with Gasteiger partial charge in [0, 0.05) is 40.3 Å². The van der Waals surface area contributed by atoms with Crippen molar-refractivity contribution in [1.82, 2.24) is 5.32 Å². The van der Waals surface area contributed by atoms with E-state index in [9.17, 15) is 5.11 Å². The third-order valence-corrected chi connectivity index (χ3v) is 4.88. The molecule has 3 nitrogen and oxygen atoms in total. The van der Waals surface area contributed by atoms with Crippen LogP contribution in [0, 0.1) is 6.92 Å². The molecule has 2 N–H and O–H groups in total. The molecule has 1 saturated heterocycles. The van der Waals surface area contributed by atoms with E-state index >= 15 is 0 Å². The molecule has 2 rings (SSSR count). The number of aliphatic hydroxyl groups is 1. The number of rotatable bonds is 4. The van der Waals surface area contributed by atoms with Crippen molar-refractivity contribution in [2.75, 3.05) is 19.8 Å². The monoisotopic (exact) mass is 305 g/mol. The maximum absolute atomic E-state index is 10.0. The Labute approximate surface area is 108 Å². The molecule has 1 atom stereocenters. The first-order valence-electron chi connectivity index (χ1n) is 5.35. The van der Waals surface area contributed by atoms with Crippen LogP contribution in [0.1, 0.15) is 16.2 Å². The molecule has 0 aromatic carbocycles. The van der Waals surface area contributed by atoms with Crippen LogP contribution in [0.2, 0.25) is 0 Å². The lowest BCUT2D eigenvalue weighted by molar-refractivity contribution is 0.0269. The number of thiophene rings is 1. The molecular weight excluding hydrogens is 290 g/mol. The maximum atomic E-state index is 10.0. The van der Waals surface area contributed by atoms with Gasteiger partial charge in [-0.25, -0.2) is 0 Å². The molecule has 1 aliphatic heterocycles. The molecule has 90 valence electrons. The average Bonchev–Trinajstić information content (AvgIpc) is 2.76. The minimum absolute atomic E-state index is 0.452. The van der Waals surface area contributed by atoms with Crippen molar-refractivity contribution >= 4 is 27.3 Å². The van der Waals surface area contributed by atoms with E-state index in [1.807, 2.05) is 0 Å². The van der Waals surface area contributed by atoms with E-state index in [4.69, 9.17) is 4.74 Å². The fourth-order valence-corrected chi connectivity index (χ4v) is 3.33. The summed E-state index contributed by atoms with van der Waals surface area (Å²) < 4.78 is 6.36. The van der Waals surface area contributed by atoms with Gasteiger partial charge in [-0.2, -0.15) is 0 Å². The first kappa shape index (κ1) is 12.5. The van der Waals surface area contributed by atoms with Gasteiger partial charge >= 0.3 is 0 Å². The number of hydrogen-bond acceptors (Lipinski definition) is 4. The van der Waals surface area contributed by atoms with Crippen LogP contribution in [0.25, 0.3) is 0 Å². The summed E-state index contributed by atoms with van der Waals surface area (Å²) in [4.78, 5) is 2.58. The Hall–Kier alpha value is 0.0600. The Morgan fingerprint density at radius 3 is 3.06 bits per heavy atom. The van der Waals surface area contributed by atoms with Gasteiger partial charge in [0.2, 0.25) is 0 Å². The lowest BCUT2D eigenvalue weighted by Gasteiger charge is -2.20.